The summed E-state index contributed by atoms with van der Waals surface area (Å²) in [6, 6.07) is 26.5. The summed E-state index contributed by atoms with van der Waals surface area (Å²) in [5.74, 6) is 0.964. The molecule has 0 aliphatic carbocycles. The van der Waals surface area contributed by atoms with Gasteiger partial charge in [-0.05, 0) is 42.8 Å². The Morgan fingerprint density at radius 3 is 2.53 bits per heavy atom. The van der Waals surface area contributed by atoms with E-state index in [1.165, 1.54) is 0 Å². The molecule has 0 radical (unpaired) electrons. The lowest BCUT2D eigenvalue weighted by Crippen LogP contribution is -2.22. The van der Waals surface area contributed by atoms with Crippen LogP contribution in [0.15, 0.2) is 84.9 Å². The molecule has 0 aliphatic rings. The first-order chi connectivity index (χ1) is 14.6. The maximum Gasteiger partial charge on any atom is 0.263 e. The number of para-hydroxylation sites is 2. The normalized spacial score (nSPS) is 10.6. The van der Waals surface area contributed by atoms with Gasteiger partial charge in [0.25, 0.3) is 5.91 Å². The van der Waals surface area contributed by atoms with Gasteiger partial charge in [0.2, 0.25) is 0 Å². The van der Waals surface area contributed by atoms with Crippen LogP contribution >= 0.6 is 11.6 Å². The lowest BCUT2D eigenvalue weighted by Gasteiger charge is -2.11. The van der Waals surface area contributed by atoms with Gasteiger partial charge in [-0.15, -0.1) is 0 Å². The SMILES string of the molecule is Cc1ccccc1OCC(=O)Nc1cc(-c2cccc(Cl)c2)nn1-c1ccccc1. The molecule has 1 N–H and O–H groups in total. The third kappa shape index (κ3) is 4.53. The van der Waals surface area contributed by atoms with Gasteiger partial charge in [0.1, 0.15) is 11.6 Å². The number of aromatic nitrogens is 2. The molecule has 1 heterocycles. The molecule has 3 aromatic carbocycles. The molecule has 0 unspecified atom stereocenters. The van der Waals surface area contributed by atoms with Gasteiger partial charge in [0.15, 0.2) is 6.61 Å². The zero-order valence-corrected chi connectivity index (χ0v) is 17.1. The van der Waals surface area contributed by atoms with Crippen LogP contribution in [0.1, 0.15) is 5.56 Å². The maximum atomic E-state index is 12.6. The number of hydrogen-bond donors (Lipinski definition) is 1. The number of nitrogens with one attached hydrogen (secondary N) is 1. The third-order valence-corrected chi connectivity index (χ3v) is 4.79. The van der Waals surface area contributed by atoms with E-state index in [2.05, 4.69) is 10.4 Å². The molecule has 6 heteroatoms. The number of carbonyl (C=O) groups is 1. The van der Waals surface area contributed by atoms with E-state index in [1.54, 1.807) is 4.68 Å². The second-order valence-corrected chi connectivity index (χ2v) is 7.21. The highest BCUT2D eigenvalue weighted by atomic mass is 35.5. The van der Waals surface area contributed by atoms with Crippen LogP contribution in [-0.2, 0) is 4.79 Å². The van der Waals surface area contributed by atoms with E-state index in [1.807, 2.05) is 91.9 Å². The molecule has 0 bridgehead atoms. The van der Waals surface area contributed by atoms with Crippen LogP contribution in [0.4, 0.5) is 5.82 Å². The fraction of sp³-hybridized carbons (Fsp3) is 0.0833. The van der Waals surface area contributed by atoms with Gasteiger partial charge in [-0.1, -0.05) is 60.1 Å². The topological polar surface area (TPSA) is 56.1 Å². The van der Waals surface area contributed by atoms with E-state index >= 15 is 0 Å². The first kappa shape index (κ1) is 19.7. The summed E-state index contributed by atoms with van der Waals surface area (Å²) < 4.78 is 7.36. The number of hydrogen-bond acceptors (Lipinski definition) is 3. The fourth-order valence-electron chi connectivity index (χ4n) is 3.07. The molecule has 0 fully saturated rings. The Balaban J connectivity index is 1.59. The summed E-state index contributed by atoms with van der Waals surface area (Å²) in [7, 11) is 0. The molecule has 0 spiro atoms. The molecule has 0 saturated carbocycles. The van der Waals surface area contributed by atoms with Gasteiger partial charge in [0, 0.05) is 16.7 Å². The van der Waals surface area contributed by atoms with E-state index in [4.69, 9.17) is 16.3 Å². The van der Waals surface area contributed by atoms with Crippen molar-refractivity contribution in [3.63, 3.8) is 0 Å². The van der Waals surface area contributed by atoms with E-state index < -0.39 is 0 Å². The van der Waals surface area contributed by atoms with Crippen molar-refractivity contribution in [3.8, 4) is 22.7 Å². The van der Waals surface area contributed by atoms with Gasteiger partial charge in [-0.2, -0.15) is 5.10 Å². The van der Waals surface area contributed by atoms with Crippen LogP contribution in [0.25, 0.3) is 16.9 Å². The fourth-order valence-corrected chi connectivity index (χ4v) is 3.26. The standard InChI is InChI=1S/C24H20ClN3O2/c1-17-8-5-6-13-22(17)30-16-24(29)26-23-15-21(18-9-7-10-19(25)14-18)27-28(23)20-11-3-2-4-12-20/h2-15H,16H2,1H3,(H,26,29). The molecule has 4 rings (SSSR count). The molecule has 0 atom stereocenters. The lowest BCUT2D eigenvalue weighted by molar-refractivity contribution is -0.118. The Labute approximate surface area is 179 Å². The van der Waals surface area contributed by atoms with Crippen LogP contribution in [0.3, 0.4) is 0 Å². The van der Waals surface area contributed by atoms with Crippen molar-refractivity contribution in [2.75, 3.05) is 11.9 Å². The first-order valence-corrected chi connectivity index (χ1v) is 9.87. The van der Waals surface area contributed by atoms with E-state index in [-0.39, 0.29) is 12.5 Å². The van der Waals surface area contributed by atoms with Crippen LogP contribution in [-0.4, -0.2) is 22.3 Å². The number of aryl methyl sites for hydroxylation is 1. The van der Waals surface area contributed by atoms with Crippen molar-refractivity contribution in [2.45, 2.75) is 6.92 Å². The summed E-state index contributed by atoms with van der Waals surface area (Å²) in [4.78, 5) is 12.6. The Kier molecular flexibility index (Phi) is 5.82. The monoisotopic (exact) mass is 417 g/mol. The Hall–Kier alpha value is -3.57. The maximum absolute atomic E-state index is 12.6. The highest BCUT2D eigenvalue weighted by Crippen LogP contribution is 2.26. The minimum absolute atomic E-state index is 0.0999. The Bertz CT molecular complexity index is 1170. The number of benzene rings is 3. The van der Waals surface area contributed by atoms with Crippen molar-refractivity contribution < 1.29 is 9.53 Å². The molecule has 1 aromatic heterocycles. The first-order valence-electron chi connectivity index (χ1n) is 9.50. The molecular weight excluding hydrogens is 398 g/mol. The quantitative estimate of drug-likeness (QED) is 0.449. The van der Waals surface area contributed by atoms with Gasteiger partial charge >= 0.3 is 0 Å². The molecule has 150 valence electrons. The molecular formula is C24H20ClN3O2. The number of nitrogens with zero attached hydrogens (tertiary/aromatic N) is 2. The minimum Gasteiger partial charge on any atom is -0.483 e. The highest BCUT2D eigenvalue weighted by molar-refractivity contribution is 6.30. The van der Waals surface area contributed by atoms with Crippen LogP contribution in [0, 0.1) is 6.92 Å². The number of anilines is 1. The number of carbonyl (C=O) groups excluding carboxylic acids is 1. The zero-order chi connectivity index (χ0) is 20.9. The Morgan fingerprint density at radius 2 is 1.77 bits per heavy atom. The van der Waals surface area contributed by atoms with E-state index in [9.17, 15) is 4.79 Å². The van der Waals surface area contributed by atoms with Crippen molar-refractivity contribution in [1.29, 1.82) is 0 Å². The molecule has 4 aromatic rings. The van der Waals surface area contributed by atoms with Gasteiger partial charge in [-0.3, -0.25) is 4.79 Å². The van der Waals surface area contributed by atoms with Crippen molar-refractivity contribution in [1.82, 2.24) is 9.78 Å². The van der Waals surface area contributed by atoms with Crippen LogP contribution in [0.2, 0.25) is 5.02 Å². The largest absolute Gasteiger partial charge is 0.483 e. The smallest absolute Gasteiger partial charge is 0.263 e. The average Bonchev–Trinajstić information content (AvgIpc) is 3.17. The molecule has 5 nitrogen and oxygen atoms in total. The lowest BCUT2D eigenvalue weighted by atomic mass is 10.1. The van der Waals surface area contributed by atoms with Crippen molar-refractivity contribution in [2.24, 2.45) is 0 Å². The van der Waals surface area contributed by atoms with Gasteiger partial charge < -0.3 is 10.1 Å². The second-order valence-electron chi connectivity index (χ2n) is 6.77. The minimum atomic E-state index is -0.270. The predicted molar refractivity (Wildman–Crippen MR) is 119 cm³/mol. The summed E-state index contributed by atoms with van der Waals surface area (Å²) in [5, 5.41) is 8.21. The van der Waals surface area contributed by atoms with Crippen LogP contribution < -0.4 is 10.1 Å². The third-order valence-electron chi connectivity index (χ3n) is 4.55. The number of ether oxygens (including phenoxy) is 1. The molecule has 30 heavy (non-hydrogen) atoms. The molecule has 0 aliphatic heterocycles. The second kappa shape index (κ2) is 8.84. The number of rotatable bonds is 6. The molecule has 0 saturated heterocycles. The molecule has 1 amide bonds. The van der Waals surface area contributed by atoms with Crippen molar-refractivity contribution in [3.05, 3.63) is 95.5 Å². The van der Waals surface area contributed by atoms with Gasteiger partial charge in [0.05, 0.1) is 11.4 Å². The number of amides is 1. The highest BCUT2D eigenvalue weighted by Gasteiger charge is 2.14. The van der Waals surface area contributed by atoms with Crippen molar-refractivity contribution >= 4 is 23.3 Å². The Morgan fingerprint density at radius 1 is 1.00 bits per heavy atom. The average molecular weight is 418 g/mol. The summed E-state index contributed by atoms with van der Waals surface area (Å²) in [5.41, 5.74) is 3.38. The summed E-state index contributed by atoms with van der Waals surface area (Å²) in [6.07, 6.45) is 0. The van der Waals surface area contributed by atoms with E-state index in [0.29, 0.717) is 22.3 Å². The summed E-state index contributed by atoms with van der Waals surface area (Å²) >= 11 is 6.13. The zero-order valence-electron chi connectivity index (χ0n) is 16.4. The van der Waals surface area contributed by atoms with Gasteiger partial charge in [-0.25, -0.2) is 4.68 Å². The van der Waals surface area contributed by atoms with Crippen LogP contribution in [0.5, 0.6) is 5.75 Å². The van der Waals surface area contributed by atoms with E-state index in [0.717, 1.165) is 16.8 Å². The predicted octanol–water partition coefficient (Wildman–Crippen LogP) is 5.52. The summed E-state index contributed by atoms with van der Waals surface area (Å²) in [6.45, 7) is 1.84. The number of halogens is 1.